The lowest BCUT2D eigenvalue weighted by atomic mass is 9.94. The van der Waals surface area contributed by atoms with Crippen LogP contribution in [0.15, 0.2) is 18.2 Å². The van der Waals surface area contributed by atoms with Crippen molar-refractivity contribution in [2.45, 2.75) is 46.1 Å². The lowest BCUT2D eigenvalue weighted by Crippen LogP contribution is -2.24. The van der Waals surface area contributed by atoms with Crippen LogP contribution in [0.3, 0.4) is 0 Å². The zero-order valence-corrected chi connectivity index (χ0v) is 13.0. The van der Waals surface area contributed by atoms with Gasteiger partial charge in [-0.3, -0.25) is 0 Å². The van der Waals surface area contributed by atoms with Crippen LogP contribution in [0.4, 0.5) is 0 Å². The van der Waals surface area contributed by atoms with Crippen molar-refractivity contribution in [2.24, 2.45) is 5.92 Å². The molecule has 0 aliphatic carbocycles. The van der Waals surface area contributed by atoms with E-state index >= 15 is 0 Å². The Labute approximate surface area is 121 Å². The summed E-state index contributed by atoms with van der Waals surface area (Å²) in [6.07, 6.45) is 3.43. The largest absolute Gasteiger partial charge is 0.310 e. The smallest absolute Gasteiger partial charge is 0.0468 e. The van der Waals surface area contributed by atoms with Crippen molar-refractivity contribution in [3.63, 3.8) is 0 Å². The first-order valence-corrected chi connectivity index (χ1v) is 7.52. The van der Waals surface area contributed by atoms with E-state index in [0.29, 0.717) is 17.0 Å². The quantitative estimate of drug-likeness (QED) is 0.701. The average Bonchev–Trinajstić information content (AvgIpc) is 2.34. The first kappa shape index (κ1) is 15.8. The summed E-state index contributed by atoms with van der Waals surface area (Å²) in [7, 11) is 0. The van der Waals surface area contributed by atoms with E-state index in [9.17, 15) is 0 Å². The fourth-order valence-corrected chi connectivity index (χ4v) is 2.53. The molecule has 0 aliphatic rings. The molecule has 0 amide bonds. The number of rotatable bonds is 7. The third-order valence-electron chi connectivity index (χ3n) is 3.31. The van der Waals surface area contributed by atoms with Gasteiger partial charge >= 0.3 is 0 Å². The van der Waals surface area contributed by atoms with Crippen LogP contribution < -0.4 is 5.32 Å². The molecule has 0 saturated carbocycles. The van der Waals surface area contributed by atoms with Crippen molar-refractivity contribution < 1.29 is 0 Å². The summed E-state index contributed by atoms with van der Waals surface area (Å²) in [5.41, 5.74) is 1.16. The summed E-state index contributed by atoms with van der Waals surface area (Å²) in [6, 6.07) is 6.11. The molecule has 102 valence electrons. The fraction of sp³-hybridized carbons (Fsp3) is 0.600. The molecule has 1 N–H and O–H groups in total. The van der Waals surface area contributed by atoms with Crippen molar-refractivity contribution in [2.75, 3.05) is 6.54 Å². The van der Waals surface area contributed by atoms with Crippen molar-refractivity contribution in [3.8, 4) is 0 Å². The summed E-state index contributed by atoms with van der Waals surface area (Å²) in [4.78, 5) is 0. The van der Waals surface area contributed by atoms with Gasteiger partial charge in [0.1, 0.15) is 0 Å². The monoisotopic (exact) mass is 287 g/mol. The second-order valence-corrected chi connectivity index (χ2v) is 5.77. The van der Waals surface area contributed by atoms with E-state index in [0.717, 1.165) is 30.0 Å². The molecule has 0 fully saturated rings. The second kappa shape index (κ2) is 8.04. The molecule has 0 radical (unpaired) electrons. The van der Waals surface area contributed by atoms with Gasteiger partial charge in [-0.15, -0.1) is 0 Å². The Hall–Kier alpha value is -0.240. The third kappa shape index (κ3) is 4.79. The highest BCUT2D eigenvalue weighted by molar-refractivity contribution is 6.35. The van der Waals surface area contributed by atoms with E-state index in [2.05, 4.69) is 26.1 Å². The highest BCUT2D eigenvalue weighted by atomic mass is 35.5. The molecule has 18 heavy (non-hydrogen) atoms. The maximum Gasteiger partial charge on any atom is 0.0468 e. The number of hydrogen-bond acceptors (Lipinski definition) is 1. The Balaban J connectivity index is 2.86. The van der Waals surface area contributed by atoms with E-state index in [1.165, 1.54) is 6.42 Å². The highest BCUT2D eigenvalue weighted by Gasteiger charge is 2.16. The Morgan fingerprint density at radius 3 is 2.50 bits per heavy atom. The van der Waals surface area contributed by atoms with Crippen molar-refractivity contribution in [1.82, 2.24) is 5.32 Å². The molecule has 0 spiro atoms. The van der Waals surface area contributed by atoms with Crippen LogP contribution in [-0.2, 0) is 0 Å². The van der Waals surface area contributed by atoms with Crippen molar-refractivity contribution in [3.05, 3.63) is 33.8 Å². The van der Waals surface area contributed by atoms with Gasteiger partial charge in [0.15, 0.2) is 0 Å². The van der Waals surface area contributed by atoms with Gasteiger partial charge in [-0.1, -0.05) is 56.5 Å². The number of halogens is 2. The van der Waals surface area contributed by atoms with E-state index in [4.69, 9.17) is 23.2 Å². The molecule has 3 heteroatoms. The normalized spacial score (nSPS) is 14.5. The summed E-state index contributed by atoms with van der Waals surface area (Å²) in [5.74, 6) is 0.686. The Bertz CT molecular complexity index is 366. The topological polar surface area (TPSA) is 12.0 Å². The molecule has 0 bridgehead atoms. The molecule has 0 aliphatic heterocycles. The molecule has 2 atom stereocenters. The number of benzene rings is 1. The van der Waals surface area contributed by atoms with Crippen molar-refractivity contribution in [1.29, 1.82) is 0 Å². The maximum absolute atomic E-state index is 6.31. The van der Waals surface area contributed by atoms with Crippen LogP contribution in [0, 0.1) is 5.92 Å². The summed E-state index contributed by atoms with van der Waals surface area (Å²) < 4.78 is 0. The maximum atomic E-state index is 6.31. The number of nitrogens with one attached hydrogen (secondary N) is 1. The van der Waals surface area contributed by atoms with Gasteiger partial charge in [0.2, 0.25) is 0 Å². The molecule has 2 unspecified atom stereocenters. The van der Waals surface area contributed by atoms with Crippen molar-refractivity contribution >= 4 is 23.2 Å². The minimum absolute atomic E-state index is 0.324. The number of hydrogen-bond donors (Lipinski definition) is 1. The zero-order chi connectivity index (χ0) is 13.5. The van der Waals surface area contributed by atoms with E-state index < -0.39 is 0 Å². The molecule has 1 nitrogen and oxygen atoms in total. The van der Waals surface area contributed by atoms with Gasteiger partial charge in [0.25, 0.3) is 0 Å². The van der Waals surface area contributed by atoms with E-state index in [-0.39, 0.29) is 0 Å². The molecule has 1 rings (SSSR count). The molecule has 0 aromatic heterocycles. The van der Waals surface area contributed by atoms with Crippen LogP contribution >= 0.6 is 23.2 Å². The fourth-order valence-electron chi connectivity index (χ4n) is 1.99. The van der Waals surface area contributed by atoms with Gasteiger partial charge in [-0.25, -0.2) is 0 Å². The lowest BCUT2D eigenvalue weighted by molar-refractivity contribution is 0.402. The van der Waals surface area contributed by atoms with Gasteiger partial charge < -0.3 is 5.32 Å². The van der Waals surface area contributed by atoms with E-state index in [1.54, 1.807) is 0 Å². The lowest BCUT2D eigenvalue weighted by Gasteiger charge is -2.23. The van der Waals surface area contributed by atoms with Crippen LogP contribution in [0.25, 0.3) is 0 Å². The molecule has 0 heterocycles. The van der Waals surface area contributed by atoms with E-state index in [1.807, 2.05) is 18.2 Å². The minimum atomic E-state index is 0.324. The molecule has 1 aromatic carbocycles. The van der Waals surface area contributed by atoms with Gasteiger partial charge in [-0.05, 0) is 43.0 Å². The zero-order valence-electron chi connectivity index (χ0n) is 11.5. The van der Waals surface area contributed by atoms with Crippen LogP contribution in [-0.4, -0.2) is 6.54 Å². The molecular weight excluding hydrogens is 265 g/mol. The molecule has 0 saturated heterocycles. The minimum Gasteiger partial charge on any atom is -0.310 e. The Morgan fingerprint density at radius 2 is 1.94 bits per heavy atom. The predicted molar refractivity (Wildman–Crippen MR) is 81.6 cm³/mol. The van der Waals surface area contributed by atoms with Crippen LogP contribution in [0.5, 0.6) is 0 Å². The van der Waals surface area contributed by atoms with Crippen LogP contribution in [0.2, 0.25) is 10.0 Å². The highest BCUT2D eigenvalue weighted by Crippen LogP contribution is 2.30. The van der Waals surface area contributed by atoms with Gasteiger partial charge in [0, 0.05) is 16.1 Å². The molecular formula is C15H23Cl2N. The predicted octanol–water partition coefficient (Wildman–Crippen LogP) is 5.47. The van der Waals surface area contributed by atoms with Crippen LogP contribution in [0.1, 0.15) is 51.6 Å². The Kier molecular flexibility index (Phi) is 7.06. The first-order valence-electron chi connectivity index (χ1n) is 6.76. The molecule has 1 aromatic rings. The van der Waals surface area contributed by atoms with Gasteiger partial charge in [0.05, 0.1) is 0 Å². The average molecular weight is 288 g/mol. The second-order valence-electron chi connectivity index (χ2n) is 4.92. The van der Waals surface area contributed by atoms with Gasteiger partial charge in [-0.2, -0.15) is 0 Å². The SMILES string of the molecule is CCCNC(CC(C)CC)c1ccc(Cl)cc1Cl. The summed E-state index contributed by atoms with van der Waals surface area (Å²) in [5, 5.41) is 5.04. The third-order valence-corrected chi connectivity index (χ3v) is 3.88. The summed E-state index contributed by atoms with van der Waals surface area (Å²) >= 11 is 12.3. The standard InChI is InChI=1S/C15H23Cl2N/c1-4-8-18-15(9-11(3)5-2)13-7-6-12(16)10-14(13)17/h6-7,10-11,15,18H,4-5,8-9H2,1-3H3. The summed E-state index contributed by atoms with van der Waals surface area (Å²) in [6.45, 7) is 7.70. The Morgan fingerprint density at radius 1 is 1.22 bits per heavy atom. The first-order chi connectivity index (χ1) is 8.58.